The molecule has 5 nitrogen and oxygen atoms in total. The van der Waals surface area contributed by atoms with Gasteiger partial charge in [-0.15, -0.1) is 0 Å². The molecule has 7 heteroatoms. The van der Waals surface area contributed by atoms with Crippen LogP contribution in [-0.2, 0) is 16.0 Å². The standard InChI is InChI=1S/C19H18ClN3O2S/c1-12(24)16(9-13-5-3-2-4-6-13)21-18(25)11-26-19-22-15-8-7-14(20)10-17(15)23-19/h2-8,10,16H,9,11H2,1H3,(H,21,25)(H,22,23)/t16-/m1/s1. The first-order valence-corrected chi connectivity index (χ1v) is 9.49. The van der Waals surface area contributed by atoms with Gasteiger partial charge in [0.25, 0.3) is 0 Å². The van der Waals surface area contributed by atoms with E-state index >= 15 is 0 Å². The van der Waals surface area contributed by atoms with Crippen LogP contribution in [0.5, 0.6) is 0 Å². The number of carbonyl (C=O) groups is 2. The van der Waals surface area contributed by atoms with Crippen molar-refractivity contribution in [2.45, 2.75) is 24.5 Å². The second-order valence-electron chi connectivity index (χ2n) is 5.91. The van der Waals surface area contributed by atoms with Crippen molar-refractivity contribution in [3.05, 3.63) is 59.1 Å². The fraction of sp³-hybridized carbons (Fsp3) is 0.211. The van der Waals surface area contributed by atoms with Crippen LogP contribution in [0.15, 0.2) is 53.7 Å². The first-order valence-electron chi connectivity index (χ1n) is 8.13. The van der Waals surface area contributed by atoms with Gasteiger partial charge in [0.2, 0.25) is 5.91 Å². The van der Waals surface area contributed by atoms with Crippen LogP contribution in [-0.4, -0.2) is 33.5 Å². The van der Waals surface area contributed by atoms with Gasteiger partial charge in [0.1, 0.15) is 0 Å². The molecular weight excluding hydrogens is 370 g/mol. The third-order valence-corrected chi connectivity index (χ3v) is 4.98. The Balaban J connectivity index is 1.58. The number of thioether (sulfide) groups is 1. The van der Waals surface area contributed by atoms with Crippen LogP contribution in [0.1, 0.15) is 12.5 Å². The molecule has 3 rings (SSSR count). The van der Waals surface area contributed by atoms with Crippen LogP contribution in [0.3, 0.4) is 0 Å². The number of rotatable bonds is 7. The van der Waals surface area contributed by atoms with Crippen molar-refractivity contribution in [2.75, 3.05) is 5.75 Å². The number of Topliss-reactive ketones (excluding diaryl/α,β-unsaturated/α-hetero) is 1. The van der Waals surface area contributed by atoms with Crippen molar-refractivity contribution in [3.8, 4) is 0 Å². The minimum absolute atomic E-state index is 0.0643. The molecule has 0 aliphatic carbocycles. The van der Waals surface area contributed by atoms with E-state index in [4.69, 9.17) is 11.6 Å². The maximum Gasteiger partial charge on any atom is 0.231 e. The Morgan fingerprint density at radius 1 is 1.23 bits per heavy atom. The lowest BCUT2D eigenvalue weighted by molar-refractivity contribution is -0.125. The van der Waals surface area contributed by atoms with E-state index in [1.165, 1.54) is 18.7 Å². The van der Waals surface area contributed by atoms with Gasteiger partial charge in [-0.25, -0.2) is 4.98 Å². The number of nitrogens with zero attached hydrogens (tertiary/aromatic N) is 1. The first kappa shape index (κ1) is 18.5. The van der Waals surface area contributed by atoms with E-state index in [1.807, 2.05) is 36.4 Å². The lowest BCUT2D eigenvalue weighted by atomic mass is 10.0. The maximum absolute atomic E-state index is 12.2. The highest BCUT2D eigenvalue weighted by Crippen LogP contribution is 2.22. The Labute approximate surface area is 160 Å². The predicted molar refractivity (Wildman–Crippen MR) is 105 cm³/mol. The molecule has 1 heterocycles. The van der Waals surface area contributed by atoms with Gasteiger partial charge in [0, 0.05) is 5.02 Å². The molecule has 26 heavy (non-hydrogen) atoms. The smallest absolute Gasteiger partial charge is 0.231 e. The number of hydrogen-bond acceptors (Lipinski definition) is 4. The number of amides is 1. The summed E-state index contributed by atoms with van der Waals surface area (Å²) in [7, 11) is 0. The van der Waals surface area contributed by atoms with Crippen LogP contribution < -0.4 is 5.32 Å². The van der Waals surface area contributed by atoms with Gasteiger partial charge in [0.15, 0.2) is 10.9 Å². The molecule has 0 aliphatic heterocycles. The fourth-order valence-corrected chi connectivity index (χ4v) is 3.41. The lowest BCUT2D eigenvalue weighted by Crippen LogP contribution is -2.42. The molecule has 0 unspecified atom stereocenters. The van der Waals surface area contributed by atoms with Crippen molar-refractivity contribution in [1.82, 2.24) is 15.3 Å². The number of carbonyl (C=O) groups excluding carboxylic acids is 2. The molecule has 2 aromatic carbocycles. The predicted octanol–water partition coefficient (Wildman–Crippen LogP) is 3.62. The Morgan fingerprint density at radius 2 is 2.00 bits per heavy atom. The molecule has 0 aliphatic rings. The van der Waals surface area contributed by atoms with Gasteiger partial charge < -0.3 is 10.3 Å². The molecule has 3 aromatic rings. The number of benzene rings is 2. The summed E-state index contributed by atoms with van der Waals surface area (Å²) in [4.78, 5) is 31.6. The van der Waals surface area contributed by atoms with Gasteiger partial charge in [-0.05, 0) is 37.1 Å². The summed E-state index contributed by atoms with van der Waals surface area (Å²) < 4.78 is 0. The molecule has 0 bridgehead atoms. The number of imidazole rings is 1. The van der Waals surface area contributed by atoms with Crippen molar-refractivity contribution in [2.24, 2.45) is 0 Å². The molecule has 0 saturated heterocycles. The Kier molecular flexibility index (Phi) is 5.96. The Morgan fingerprint density at radius 3 is 2.73 bits per heavy atom. The molecule has 1 amide bonds. The van der Waals surface area contributed by atoms with Gasteiger partial charge >= 0.3 is 0 Å². The van der Waals surface area contributed by atoms with Gasteiger partial charge in [-0.2, -0.15) is 0 Å². The average Bonchev–Trinajstić information content (AvgIpc) is 3.02. The second-order valence-corrected chi connectivity index (χ2v) is 7.31. The van der Waals surface area contributed by atoms with E-state index in [0.29, 0.717) is 16.6 Å². The highest BCUT2D eigenvalue weighted by molar-refractivity contribution is 7.99. The van der Waals surface area contributed by atoms with Crippen LogP contribution in [0.25, 0.3) is 11.0 Å². The highest BCUT2D eigenvalue weighted by Gasteiger charge is 2.18. The largest absolute Gasteiger partial charge is 0.345 e. The fourth-order valence-electron chi connectivity index (χ4n) is 2.54. The Bertz CT molecular complexity index is 927. The molecule has 2 N–H and O–H groups in total. The normalized spacial score (nSPS) is 12.1. The summed E-state index contributed by atoms with van der Waals surface area (Å²) >= 11 is 7.25. The van der Waals surface area contributed by atoms with Crippen molar-refractivity contribution < 1.29 is 9.59 Å². The van der Waals surface area contributed by atoms with Gasteiger partial charge in [-0.1, -0.05) is 53.7 Å². The van der Waals surface area contributed by atoms with Crippen LogP contribution in [0, 0.1) is 0 Å². The zero-order chi connectivity index (χ0) is 18.5. The minimum Gasteiger partial charge on any atom is -0.345 e. The van der Waals surface area contributed by atoms with Crippen molar-refractivity contribution in [3.63, 3.8) is 0 Å². The third kappa shape index (κ3) is 4.86. The number of hydrogen-bond donors (Lipinski definition) is 2. The van der Waals surface area contributed by atoms with Gasteiger partial charge in [0.05, 0.1) is 22.8 Å². The summed E-state index contributed by atoms with van der Waals surface area (Å²) in [5, 5.41) is 4.07. The zero-order valence-electron chi connectivity index (χ0n) is 14.2. The summed E-state index contributed by atoms with van der Waals surface area (Å²) in [6, 6.07) is 14.5. The number of nitrogens with one attached hydrogen (secondary N) is 2. The zero-order valence-corrected chi connectivity index (χ0v) is 15.7. The molecule has 1 atom stereocenters. The summed E-state index contributed by atoms with van der Waals surface area (Å²) in [5.74, 6) is -0.0956. The second kappa shape index (κ2) is 8.38. The van der Waals surface area contributed by atoms with Crippen molar-refractivity contribution in [1.29, 1.82) is 0 Å². The number of aromatic nitrogens is 2. The molecule has 0 spiro atoms. The molecule has 0 radical (unpaired) electrons. The molecule has 0 fully saturated rings. The highest BCUT2D eigenvalue weighted by atomic mass is 35.5. The summed E-state index contributed by atoms with van der Waals surface area (Å²) in [6.07, 6.45) is 0.482. The quantitative estimate of drug-likeness (QED) is 0.607. The molecule has 134 valence electrons. The first-order chi connectivity index (χ1) is 12.5. The van der Waals surface area contributed by atoms with E-state index < -0.39 is 6.04 Å². The van der Waals surface area contributed by atoms with E-state index in [0.717, 1.165) is 16.6 Å². The molecular formula is C19H18ClN3O2S. The number of ketones is 1. The molecule has 1 aromatic heterocycles. The number of fused-ring (bicyclic) bond motifs is 1. The summed E-state index contributed by atoms with van der Waals surface area (Å²) in [6.45, 7) is 1.49. The van der Waals surface area contributed by atoms with Crippen LogP contribution in [0.2, 0.25) is 5.02 Å². The topological polar surface area (TPSA) is 74.8 Å². The number of H-pyrrole nitrogens is 1. The average molecular weight is 388 g/mol. The minimum atomic E-state index is -0.528. The Hall–Kier alpha value is -2.31. The van der Waals surface area contributed by atoms with E-state index in [9.17, 15) is 9.59 Å². The van der Waals surface area contributed by atoms with Crippen molar-refractivity contribution >= 4 is 46.1 Å². The third-order valence-electron chi connectivity index (χ3n) is 3.87. The number of halogens is 1. The van der Waals surface area contributed by atoms with Crippen LogP contribution in [0.4, 0.5) is 0 Å². The van der Waals surface area contributed by atoms with Gasteiger partial charge in [-0.3, -0.25) is 9.59 Å². The van der Waals surface area contributed by atoms with Crippen LogP contribution >= 0.6 is 23.4 Å². The molecule has 0 saturated carbocycles. The summed E-state index contributed by atoms with van der Waals surface area (Å²) in [5.41, 5.74) is 2.63. The monoisotopic (exact) mass is 387 g/mol. The van der Waals surface area contributed by atoms with E-state index in [2.05, 4.69) is 15.3 Å². The number of aromatic amines is 1. The van der Waals surface area contributed by atoms with E-state index in [-0.39, 0.29) is 17.4 Å². The maximum atomic E-state index is 12.2. The van der Waals surface area contributed by atoms with E-state index in [1.54, 1.807) is 12.1 Å². The SMILES string of the molecule is CC(=O)[C@@H](Cc1ccccc1)NC(=O)CSc1nc2ccc(Cl)cc2[nH]1. The lowest BCUT2D eigenvalue weighted by Gasteiger charge is -2.15.